The molecule has 4 aromatic rings. The zero-order chi connectivity index (χ0) is 20.9. The first-order valence-electron chi connectivity index (χ1n) is 9.57. The zero-order valence-corrected chi connectivity index (χ0v) is 16.3. The van der Waals surface area contributed by atoms with Crippen molar-refractivity contribution in [3.8, 4) is 22.6 Å². The second-order valence-corrected chi connectivity index (χ2v) is 6.70. The molecular formula is C24H19FN4O. The number of hydrogen-bond acceptors (Lipinski definition) is 4. The zero-order valence-electron chi connectivity index (χ0n) is 16.3. The van der Waals surface area contributed by atoms with Crippen molar-refractivity contribution in [2.45, 2.75) is 13.3 Å². The van der Waals surface area contributed by atoms with E-state index in [1.165, 1.54) is 23.9 Å². The van der Waals surface area contributed by atoms with Gasteiger partial charge in [-0.1, -0.05) is 19.1 Å². The van der Waals surface area contributed by atoms with Crippen molar-refractivity contribution in [2.24, 2.45) is 0 Å². The summed E-state index contributed by atoms with van der Waals surface area (Å²) in [6, 6.07) is 17.2. The Morgan fingerprint density at radius 3 is 2.30 bits per heavy atom. The number of aromatic nitrogens is 3. The molecule has 0 saturated carbocycles. The molecule has 6 heteroatoms. The van der Waals surface area contributed by atoms with Gasteiger partial charge in [-0.05, 0) is 60.5 Å². The van der Waals surface area contributed by atoms with Gasteiger partial charge in [-0.2, -0.15) is 0 Å². The lowest BCUT2D eigenvalue weighted by Gasteiger charge is -2.11. The van der Waals surface area contributed by atoms with Crippen LogP contribution in [0.15, 0.2) is 79.3 Å². The quantitative estimate of drug-likeness (QED) is 0.504. The number of nitrogens with zero attached hydrogens (tertiary/aromatic N) is 3. The van der Waals surface area contributed by atoms with Gasteiger partial charge in [-0.3, -0.25) is 9.78 Å². The lowest BCUT2D eigenvalue weighted by atomic mass is 10.1. The third-order valence-corrected chi connectivity index (χ3v) is 4.71. The molecule has 4 rings (SSSR count). The number of rotatable bonds is 5. The molecule has 1 amide bonds. The minimum absolute atomic E-state index is 0.309. The fourth-order valence-electron chi connectivity index (χ4n) is 3.04. The Morgan fingerprint density at radius 2 is 1.63 bits per heavy atom. The number of nitrogens with one attached hydrogen (secondary N) is 1. The van der Waals surface area contributed by atoms with Crippen molar-refractivity contribution in [3.05, 3.63) is 96.2 Å². The molecule has 0 aliphatic carbocycles. The van der Waals surface area contributed by atoms with E-state index in [4.69, 9.17) is 0 Å². The topological polar surface area (TPSA) is 67.8 Å². The van der Waals surface area contributed by atoms with Gasteiger partial charge in [0.15, 0.2) is 5.82 Å². The lowest BCUT2D eigenvalue weighted by Crippen LogP contribution is -2.15. The average molecular weight is 398 g/mol. The monoisotopic (exact) mass is 398 g/mol. The molecule has 0 spiro atoms. The SMILES string of the molecule is CCc1ccc(NC(=O)c2cnc(-c3ccc(F)cc3)nc2-c2ccncc2)cc1. The van der Waals surface area contributed by atoms with Crippen LogP contribution in [0.4, 0.5) is 10.1 Å². The molecule has 0 unspecified atom stereocenters. The van der Waals surface area contributed by atoms with Crippen LogP contribution in [0, 0.1) is 5.82 Å². The summed E-state index contributed by atoms with van der Waals surface area (Å²) in [4.78, 5) is 26.0. The second kappa shape index (κ2) is 8.61. The molecule has 2 aromatic heterocycles. The third-order valence-electron chi connectivity index (χ3n) is 4.71. The number of amides is 1. The van der Waals surface area contributed by atoms with Gasteiger partial charge < -0.3 is 5.32 Å². The largest absolute Gasteiger partial charge is 0.322 e. The van der Waals surface area contributed by atoms with Crippen molar-refractivity contribution < 1.29 is 9.18 Å². The fraction of sp³-hybridized carbons (Fsp3) is 0.0833. The molecule has 0 aliphatic rings. The molecule has 0 radical (unpaired) electrons. The maximum absolute atomic E-state index is 13.3. The van der Waals surface area contributed by atoms with Crippen LogP contribution in [0.2, 0.25) is 0 Å². The number of aryl methyl sites for hydroxylation is 1. The van der Waals surface area contributed by atoms with E-state index in [1.807, 2.05) is 24.3 Å². The van der Waals surface area contributed by atoms with Crippen molar-refractivity contribution in [3.63, 3.8) is 0 Å². The van der Waals surface area contributed by atoms with Gasteiger partial charge in [0.1, 0.15) is 5.82 Å². The highest BCUT2D eigenvalue weighted by molar-refractivity contribution is 6.08. The van der Waals surface area contributed by atoms with E-state index in [0.717, 1.165) is 12.0 Å². The summed E-state index contributed by atoms with van der Waals surface area (Å²) in [7, 11) is 0. The Kier molecular flexibility index (Phi) is 5.57. The van der Waals surface area contributed by atoms with Crippen LogP contribution in [0.5, 0.6) is 0 Å². The van der Waals surface area contributed by atoms with Crippen molar-refractivity contribution in [1.82, 2.24) is 15.0 Å². The molecule has 0 bridgehead atoms. The van der Waals surface area contributed by atoms with Crippen LogP contribution in [-0.4, -0.2) is 20.9 Å². The summed E-state index contributed by atoms with van der Waals surface area (Å²) in [5.41, 5.74) is 4.11. The number of halogens is 1. The summed E-state index contributed by atoms with van der Waals surface area (Å²) >= 11 is 0. The highest BCUT2D eigenvalue weighted by Crippen LogP contribution is 2.25. The van der Waals surface area contributed by atoms with Crippen LogP contribution in [0.1, 0.15) is 22.8 Å². The first-order chi connectivity index (χ1) is 14.6. The van der Waals surface area contributed by atoms with Crippen LogP contribution in [0.25, 0.3) is 22.6 Å². The highest BCUT2D eigenvalue weighted by atomic mass is 19.1. The number of carbonyl (C=O) groups is 1. The Balaban J connectivity index is 1.72. The molecule has 0 atom stereocenters. The Labute approximate surface area is 173 Å². The maximum atomic E-state index is 13.3. The van der Waals surface area contributed by atoms with E-state index in [0.29, 0.717) is 28.3 Å². The predicted molar refractivity (Wildman–Crippen MR) is 114 cm³/mol. The van der Waals surface area contributed by atoms with E-state index in [1.54, 1.807) is 36.7 Å². The first-order valence-corrected chi connectivity index (χ1v) is 9.57. The molecule has 0 aliphatic heterocycles. The predicted octanol–water partition coefficient (Wildman–Crippen LogP) is 5.16. The average Bonchev–Trinajstić information content (AvgIpc) is 2.80. The van der Waals surface area contributed by atoms with E-state index in [9.17, 15) is 9.18 Å². The minimum Gasteiger partial charge on any atom is -0.322 e. The summed E-state index contributed by atoms with van der Waals surface area (Å²) in [6.07, 6.45) is 5.70. The normalized spacial score (nSPS) is 10.6. The maximum Gasteiger partial charge on any atom is 0.259 e. The lowest BCUT2D eigenvalue weighted by molar-refractivity contribution is 0.102. The summed E-state index contributed by atoms with van der Waals surface area (Å²) < 4.78 is 13.3. The molecular weight excluding hydrogens is 379 g/mol. The Bertz CT molecular complexity index is 1160. The van der Waals surface area contributed by atoms with E-state index in [-0.39, 0.29) is 11.7 Å². The van der Waals surface area contributed by atoms with Crippen LogP contribution >= 0.6 is 0 Å². The molecule has 2 aromatic carbocycles. The number of pyridine rings is 1. The molecule has 0 fully saturated rings. The molecule has 30 heavy (non-hydrogen) atoms. The standard InChI is InChI=1S/C24H19FN4O/c1-2-16-3-9-20(10-4-16)28-24(30)21-15-27-23(18-5-7-19(25)8-6-18)29-22(21)17-11-13-26-14-12-17/h3-15H,2H2,1H3,(H,28,30). The Hall–Kier alpha value is -3.93. The van der Waals surface area contributed by atoms with Gasteiger partial charge in [0, 0.05) is 35.4 Å². The summed E-state index contributed by atoms with van der Waals surface area (Å²) in [6.45, 7) is 2.08. The van der Waals surface area contributed by atoms with Gasteiger partial charge in [0.2, 0.25) is 0 Å². The van der Waals surface area contributed by atoms with Gasteiger partial charge in [-0.15, -0.1) is 0 Å². The van der Waals surface area contributed by atoms with Crippen molar-refractivity contribution in [2.75, 3.05) is 5.32 Å². The minimum atomic E-state index is -0.335. The summed E-state index contributed by atoms with van der Waals surface area (Å²) in [5.74, 6) is -0.236. The molecule has 148 valence electrons. The number of anilines is 1. The number of benzene rings is 2. The van der Waals surface area contributed by atoms with Gasteiger partial charge in [-0.25, -0.2) is 14.4 Å². The van der Waals surface area contributed by atoms with E-state index < -0.39 is 0 Å². The first kappa shape index (κ1) is 19.4. The third kappa shape index (κ3) is 4.22. The number of carbonyl (C=O) groups excluding carboxylic acids is 1. The molecule has 5 nitrogen and oxygen atoms in total. The molecule has 1 N–H and O–H groups in total. The summed E-state index contributed by atoms with van der Waals surface area (Å²) in [5, 5.41) is 2.90. The van der Waals surface area contributed by atoms with Crippen LogP contribution < -0.4 is 5.32 Å². The van der Waals surface area contributed by atoms with E-state index in [2.05, 4.69) is 27.2 Å². The van der Waals surface area contributed by atoms with E-state index >= 15 is 0 Å². The smallest absolute Gasteiger partial charge is 0.259 e. The van der Waals surface area contributed by atoms with Crippen molar-refractivity contribution >= 4 is 11.6 Å². The molecule has 0 saturated heterocycles. The number of hydrogen-bond donors (Lipinski definition) is 1. The van der Waals surface area contributed by atoms with Gasteiger partial charge >= 0.3 is 0 Å². The van der Waals surface area contributed by atoms with Crippen molar-refractivity contribution in [1.29, 1.82) is 0 Å². The van der Waals surface area contributed by atoms with Crippen LogP contribution in [0.3, 0.4) is 0 Å². The van der Waals surface area contributed by atoms with Gasteiger partial charge in [0.05, 0.1) is 11.3 Å². The van der Waals surface area contributed by atoms with Gasteiger partial charge in [0.25, 0.3) is 5.91 Å². The highest BCUT2D eigenvalue weighted by Gasteiger charge is 2.17. The second-order valence-electron chi connectivity index (χ2n) is 6.70. The molecule has 2 heterocycles. The Morgan fingerprint density at radius 1 is 0.933 bits per heavy atom. The fourth-order valence-corrected chi connectivity index (χ4v) is 3.04. The van der Waals surface area contributed by atoms with Crippen LogP contribution in [-0.2, 0) is 6.42 Å².